The quantitative estimate of drug-likeness (QED) is 0.543. The average Bonchev–Trinajstić information content (AvgIpc) is 2.75. The molecule has 0 aromatic heterocycles. The summed E-state index contributed by atoms with van der Waals surface area (Å²) in [5.41, 5.74) is 0.708. The van der Waals surface area contributed by atoms with Gasteiger partial charge in [0.2, 0.25) is 5.91 Å². The van der Waals surface area contributed by atoms with Gasteiger partial charge in [-0.3, -0.25) is 4.79 Å². The van der Waals surface area contributed by atoms with E-state index in [1.807, 2.05) is 50.2 Å². The molecule has 0 aliphatic heterocycles. The zero-order chi connectivity index (χ0) is 24.4. The van der Waals surface area contributed by atoms with Crippen molar-refractivity contribution in [3.63, 3.8) is 0 Å². The van der Waals surface area contributed by atoms with Crippen molar-refractivity contribution in [3.05, 3.63) is 71.8 Å². The molecule has 0 heterocycles. The van der Waals surface area contributed by atoms with Gasteiger partial charge < -0.3 is 20.1 Å². The molecule has 2 aromatic rings. The summed E-state index contributed by atoms with van der Waals surface area (Å²) in [5.74, 6) is -0.909. The van der Waals surface area contributed by atoms with Gasteiger partial charge in [-0.25, -0.2) is 9.59 Å². The van der Waals surface area contributed by atoms with Crippen LogP contribution in [0.1, 0.15) is 58.2 Å². The summed E-state index contributed by atoms with van der Waals surface area (Å²) < 4.78 is 10.8. The summed E-state index contributed by atoms with van der Waals surface area (Å²) in [6.45, 7) is 9.25. The molecule has 0 saturated carbocycles. The number of hydrogen-bond acceptors (Lipinski definition) is 5. The van der Waals surface area contributed by atoms with E-state index in [1.165, 1.54) is 0 Å². The molecular weight excluding hydrogens is 420 g/mol. The molecule has 0 aliphatic carbocycles. The number of ether oxygens (including phenoxy) is 2. The van der Waals surface area contributed by atoms with Gasteiger partial charge in [-0.15, -0.1) is 0 Å². The number of benzene rings is 2. The lowest BCUT2D eigenvalue weighted by Crippen LogP contribution is -2.48. The van der Waals surface area contributed by atoms with Crippen molar-refractivity contribution in [3.8, 4) is 0 Å². The third-order valence-electron chi connectivity index (χ3n) is 4.59. The van der Waals surface area contributed by atoms with E-state index in [9.17, 15) is 14.4 Å². The molecular formula is C26H34N2O5. The van der Waals surface area contributed by atoms with E-state index in [1.54, 1.807) is 45.0 Å². The van der Waals surface area contributed by atoms with Crippen molar-refractivity contribution >= 4 is 18.0 Å². The van der Waals surface area contributed by atoms with Gasteiger partial charge in [0.1, 0.15) is 24.3 Å². The summed E-state index contributed by atoms with van der Waals surface area (Å²) in [4.78, 5) is 38.4. The molecule has 2 aromatic carbocycles. The van der Waals surface area contributed by atoms with Crippen LogP contribution in [-0.2, 0) is 25.7 Å². The zero-order valence-electron chi connectivity index (χ0n) is 20.0. The zero-order valence-corrected chi connectivity index (χ0v) is 20.0. The van der Waals surface area contributed by atoms with Crippen LogP contribution in [0.3, 0.4) is 0 Å². The fraction of sp³-hybridized carbons (Fsp3) is 0.423. The lowest BCUT2D eigenvalue weighted by molar-refractivity contribution is -0.149. The maximum absolute atomic E-state index is 13.2. The Balaban J connectivity index is 2.15. The molecule has 0 saturated heterocycles. The Morgan fingerprint density at radius 2 is 1.45 bits per heavy atom. The molecule has 0 unspecified atom stereocenters. The van der Waals surface area contributed by atoms with E-state index in [4.69, 9.17) is 9.47 Å². The van der Waals surface area contributed by atoms with Crippen LogP contribution < -0.4 is 10.6 Å². The average molecular weight is 455 g/mol. The number of esters is 1. The fourth-order valence-electron chi connectivity index (χ4n) is 3.14. The maximum Gasteiger partial charge on any atom is 0.408 e. The second kappa shape index (κ2) is 12.0. The van der Waals surface area contributed by atoms with Crippen LogP contribution in [0, 0.1) is 5.92 Å². The number of nitrogens with one attached hydrogen (secondary N) is 2. The van der Waals surface area contributed by atoms with E-state index >= 15 is 0 Å². The highest BCUT2D eigenvalue weighted by molar-refractivity contribution is 5.90. The molecule has 0 radical (unpaired) electrons. The van der Waals surface area contributed by atoms with Crippen molar-refractivity contribution < 1.29 is 23.9 Å². The highest BCUT2D eigenvalue weighted by Gasteiger charge is 2.30. The molecule has 2 atom stereocenters. The van der Waals surface area contributed by atoms with E-state index < -0.39 is 35.7 Å². The third-order valence-corrected chi connectivity index (χ3v) is 4.59. The standard InChI is InChI=1S/C26H34N2O5/c1-18(2)16-21(24(30)32-17-19-12-8-6-9-13-19)27-23(29)22(20-14-10-7-11-15-20)28-25(31)33-26(3,4)5/h6-15,18,21-22H,16-17H2,1-5H3,(H,27,29)(H,28,31)/t21-,22-/m0/s1. The molecule has 7 nitrogen and oxygen atoms in total. The van der Waals surface area contributed by atoms with E-state index in [-0.39, 0.29) is 12.5 Å². The fourth-order valence-corrected chi connectivity index (χ4v) is 3.14. The monoisotopic (exact) mass is 454 g/mol. The molecule has 0 bridgehead atoms. The normalized spacial score (nSPS) is 13.0. The van der Waals surface area contributed by atoms with Crippen molar-refractivity contribution in [1.29, 1.82) is 0 Å². The SMILES string of the molecule is CC(C)C[C@H](NC(=O)[C@@H](NC(=O)OC(C)(C)C)c1ccccc1)C(=O)OCc1ccccc1. The summed E-state index contributed by atoms with van der Waals surface area (Å²) in [7, 11) is 0. The number of carbonyl (C=O) groups excluding carboxylic acids is 3. The van der Waals surface area contributed by atoms with Gasteiger partial charge in [0.25, 0.3) is 0 Å². The summed E-state index contributed by atoms with van der Waals surface area (Å²) in [6, 6.07) is 16.3. The van der Waals surface area contributed by atoms with Gasteiger partial charge in [-0.2, -0.15) is 0 Å². The molecule has 178 valence electrons. The first-order valence-corrected chi connectivity index (χ1v) is 11.1. The number of amides is 2. The first-order chi connectivity index (χ1) is 15.5. The minimum Gasteiger partial charge on any atom is -0.459 e. The van der Waals surface area contributed by atoms with Crippen molar-refractivity contribution in [2.45, 2.75) is 65.3 Å². The maximum atomic E-state index is 13.2. The molecule has 33 heavy (non-hydrogen) atoms. The Labute approximate surface area is 195 Å². The van der Waals surface area contributed by atoms with Crippen molar-refractivity contribution in [1.82, 2.24) is 10.6 Å². The van der Waals surface area contributed by atoms with E-state index in [2.05, 4.69) is 10.6 Å². The van der Waals surface area contributed by atoms with Crippen LogP contribution in [0.4, 0.5) is 4.79 Å². The molecule has 0 fully saturated rings. The number of rotatable bonds is 9. The molecule has 2 N–H and O–H groups in total. The van der Waals surface area contributed by atoms with Crippen LogP contribution >= 0.6 is 0 Å². The lowest BCUT2D eigenvalue weighted by Gasteiger charge is -2.25. The van der Waals surface area contributed by atoms with Gasteiger partial charge in [0.15, 0.2) is 0 Å². The van der Waals surface area contributed by atoms with Gasteiger partial charge >= 0.3 is 12.1 Å². The van der Waals surface area contributed by atoms with Crippen LogP contribution in [0.5, 0.6) is 0 Å². The van der Waals surface area contributed by atoms with Crippen LogP contribution in [-0.4, -0.2) is 29.6 Å². The van der Waals surface area contributed by atoms with Crippen LogP contribution in [0.25, 0.3) is 0 Å². The third kappa shape index (κ3) is 9.35. The predicted octanol–water partition coefficient (Wildman–Crippen LogP) is 4.53. The second-order valence-corrected chi connectivity index (χ2v) is 9.27. The predicted molar refractivity (Wildman–Crippen MR) is 126 cm³/mol. The Kier molecular flexibility index (Phi) is 9.45. The van der Waals surface area contributed by atoms with Crippen LogP contribution in [0.15, 0.2) is 60.7 Å². The van der Waals surface area contributed by atoms with Gasteiger partial charge in [-0.1, -0.05) is 74.5 Å². The van der Waals surface area contributed by atoms with Gasteiger partial charge in [-0.05, 0) is 44.2 Å². The number of alkyl carbamates (subject to hydrolysis) is 1. The minimum absolute atomic E-state index is 0.114. The first kappa shape index (κ1) is 25.9. The molecule has 2 amide bonds. The number of carbonyl (C=O) groups is 3. The largest absolute Gasteiger partial charge is 0.459 e. The smallest absolute Gasteiger partial charge is 0.408 e. The summed E-state index contributed by atoms with van der Waals surface area (Å²) in [6.07, 6.45) is -0.327. The topological polar surface area (TPSA) is 93.7 Å². The summed E-state index contributed by atoms with van der Waals surface area (Å²) >= 11 is 0. The van der Waals surface area contributed by atoms with Crippen molar-refractivity contribution in [2.24, 2.45) is 5.92 Å². The molecule has 2 rings (SSSR count). The highest BCUT2D eigenvalue weighted by Crippen LogP contribution is 2.17. The molecule has 0 spiro atoms. The molecule has 0 aliphatic rings. The highest BCUT2D eigenvalue weighted by atomic mass is 16.6. The molecule has 7 heteroatoms. The Hall–Kier alpha value is -3.35. The Bertz CT molecular complexity index is 907. The Morgan fingerprint density at radius 1 is 0.879 bits per heavy atom. The van der Waals surface area contributed by atoms with Gasteiger partial charge in [0.05, 0.1) is 0 Å². The summed E-state index contributed by atoms with van der Waals surface area (Å²) in [5, 5.41) is 5.39. The second-order valence-electron chi connectivity index (χ2n) is 9.27. The lowest BCUT2D eigenvalue weighted by atomic mass is 10.0. The van der Waals surface area contributed by atoms with Gasteiger partial charge in [0, 0.05) is 0 Å². The van der Waals surface area contributed by atoms with E-state index in [0.29, 0.717) is 12.0 Å². The first-order valence-electron chi connectivity index (χ1n) is 11.1. The van der Waals surface area contributed by atoms with Crippen LogP contribution in [0.2, 0.25) is 0 Å². The van der Waals surface area contributed by atoms with Crippen molar-refractivity contribution in [2.75, 3.05) is 0 Å². The number of hydrogen-bond donors (Lipinski definition) is 2. The minimum atomic E-state index is -1.03. The Morgan fingerprint density at radius 3 is 2.00 bits per heavy atom. The van der Waals surface area contributed by atoms with E-state index in [0.717, 1.165) is 5.56 Å².